The number of hydrogen-bond donors (Lipinski definition) is 0. The summed E-state index contributed by atoms with van der Waals surface area (Å²) in [7, 11) is -3.33. The van der Waals surface area contributed by atoms with Crippen LogP contribution < -0.4 is 5.56 Å². The SMILES string of the molecule is CS(=O)(=O)c1ccc(-c2cnn(C3CCOCC3)c(=O)c2-c2ccc(F)cc2)cc1. The van der Waals surface area contributed by atoms with Crippen LogP contribution in [0.5, 0.6) is 0 Å². The van der Waals surface area contributed by atoms with E-state index >= 15 is 0 Å². The van der Waals surface area contributed by atoms with Gasteiger partial charge in [0.2, 0.25) is 0 Å². The predicted octanol–water partition coefficient (Wildman–Crippen LogP) is 3.47. The average Bonchev–Trinajstić information content (AvgIpc) is 2.74. The van der Waals surface area contributed by atoms with Gasteiger partial charge in [0.15, 0.2) is 9.84 Å². The summed E-state index contributed by atoms with van der Waals surface area (Å²) in [5.74, 6) is -0.392. The topological polar surface area (TPSA) is 78.3 Å². The molecule has 0 radical (unpaired) electrons. The molecule has 2 aromatic carbocycles. The minimum Gasteiger partial charge on any atom is -0.381 e. The molecule has 0 N–H and O–H groups in total. The molecule has 0 unspecified atom stereocenters. The molecule has 4 rings (SSSR count). The van der Waals surface area contributed by atoms with E-state index in [1.807, 2.05) is 0 Å². The van der Waals surface area contributed by atoms with Crippen LogP contribution in [0.25, 0.3) is 22.3 Å². The highest BCUT2D eigenvalue weighted by atomic mass is 32.2. The van der Waals surface area contributed by atoms with Gasteiger partial charge in [-0.3, -0.25) is 4.79 Å². The maximum atomic E-state index is 13.5. The number of ether oxygens (including phenoxy) is 1. The summed E-state index contributed by atoms with van der Waals surface area (Å²) in [5, 5.41) is 4.41. The lowest BCUT2D eigenvalue weighted by atomic mass is 9.97. The highest BCUT2D eigenvalue weighted by molar-refractivity contribution is 7.90. The Balaban J connectivity index is 1.88. The van der Waals surface area contributed by atoms with E-state index in [0.29, 0.717) is 48.3 Å². The molecular formula is C22H21FN2O4S. The van der Waals surface area contributed by atoms with Gasteiger partial charge in [-0.2, -0.15) is 5.10 Å². The largest absolute Gasteiger partial charge is 0.381 e. The lowest BCUT2D eigenvalue weighted by Crippen LogP contribution is -2.32. The van der Waals surface area contributed by atoms with E-state index in [1.165, 1.54) is 28.9 Å². The molecule has 0 aliphatic carbocycles. The minimum atomic E-state index is -3.33. The third-order valence-electron chi connectivity index (χ3n) is 5.27. The molecule has 30 heavy (non-hydrogen) atoms. The van der Waals surface area contributed by atoms with Crippen LogP contribution in [-0.2, 0) is 14.6 Å². The Kier molecular flexibility index (Phi) is 5.53. The number of halogens is 1. The number of hydrogen-bond acceptors (Lipinski definition) is 5. The number of benzene rings is 2. The van der Waals surface area contributed by atoms with Crippen molar-refractivity contribution in [3.8, 4) is 22.3 Å². The van der Waals surface area contributed by atoms with Gasteiger partial charge in [0.1, 0.15) is 5.82 Å². The molecule has 2 heterocycles. The fourth-order valence-corrected chi connectivity index (χ4v) is 4.28. The van der Waals surface area contributed by atoms with Gasteiger partial charge >= 0.3 is 0 Å². The van der Waals surface area contributed by atoms with Gasteiger partial charge in [-0.05, 0) is 48.2 Å². The van der Waals surface area contributed by atoms with E-state index in [2.05, 4.69) is 5.10 Å². The van der Waals surface area contributed by atoms with Crippen LogP contribution >= 0.6 is 0 Å². The molecule has 1 saturated heterocycles. The number of aromatic nitrogens is 2. The van der Waals surface area contributed by atoms with Crippen molar-refractivity contribution in [3.05, 3.63) is 70.9 Å². The molecule has 1 aromatic heterocycles. The van der Waals surface area contributed by atoms with Crippen molar-refractivity contribution in [1.29, 1.82) is 0 Å². The first-order valence-electron chi connectivity index (χ1n) is 9.60. The zero-order valence-corrected chi connectivity index (χ0v) is 17.2. The van der Waals surface area contributed by atoms with E-state index in [4.69, 9.17) is 4.74 Å². The summed E-state index contributed by atoms with van der Waals surface area (Å²) in [6, 6.07) is 12.0. The Morgan fingerprint density at radius 1 is 1.00 bits per heavy atom. The smallest absolute Gasteiger partial charge is 0.275 e. The summed E-state index contributed by atoms with van der Waals surface area (Å²) < 4.78 is 43.9. The molecule has 0 spiro atoms. The first-order chi connectivity index (χ1) is 14.3. The van der Waals surface area contributed by atoms with Crippen LogP contribution in [0.15, 0.2) is 64.4 Å². The lowest BCUT2D eigenvalue weighted by Gasteiger charge is -2.24. The molecular weight excluding hydrogens is 407 g/mol. The average molecular weight is 428 g/mol. The maximum absolute atomic E-state index is 13.5. The zero-order valence-electron chi connectivity index (χ0n) is 16.4. The quantitative estimate of drug-likeness (QED) is 0.636. The summed E-state index contributed by atoms with van der Waals surface area (Å²) in [6.07, 6.45) is 4.14. The van der Waals surface area contributed by atoms with E-state index in [9.17, 15) is 17.6 Å². The van der Waals surface area contributed by atoms with Gasteiger partial charge in [0, 0.05) is 25.0 Å². The standard InChI is InChI=1S/C22H21FN2O4S/c1-30(27,28)19-8-4-15(5-9-19)20-14-24-25(18-10-12-29-13-11-18)22(26)21(20)16-2-6-17(23)7-3-16/h2-9,14,18H,10-13H2,1H3. The second-order valence-electron chi connectivity index (χ2n) is 7.33. The molecule has 8 heteroatoms. The van der Waals surface area contributed by atoms with Crippen molar-refractivity contribution in [2.45, 2.75) is 23.8 Å². The fraction of sp³-hybridized carbons (Fsp3) is 0.273. The summed E-state index contributed by atoms with van der Waals surface area (Å²) >= 11 is 0. The first kappa shape index (κ1) is 20.4. The number of rotatable bonds is 4. The Bertz CT molecular complexity index is 1210. The highest BCUT2D eigenvalue weighted by Gasteiger charge is 2.22. The molecule has 0 saturated carbocycles. The number of nitrogens with zero attached hydrogens (tertiary/aromatic N) is 2. The normalized spacial score (nSPS) is 15.3. The van der Waals surface area contributed by atoms with Crippen LogP contribution in [-0.4, -0.2) is 37.7 Å². The van der Waals surface area contributed by atoms with E-state index in [-0.39, 0.29) is 16.5 Å². The Hall–Kier alpha value is -2.84. The molecule has 0 atom stereocenters. The van der Waals surface area contributed by atoms with E-state index in [0.717, 1.165) is 6.26 Å². The predicted molar refractivity (Wildman–Crippen MR) is 112 cm³/mol. The summed E-state index contributed by atoms with van der Waals surface area (Å²) in [4.78, 5) is 13.6. The van der Waals surface area contributed by atoms with Gasteiger partial charge in [-0.1, -0.05) is 24.3 Å². The maximum Gasteiger partial charge on any atom is 0.275 e. The second kappa shape index (κ2) is 8.12. The summed E-state index contributed by atoms with van der Waals surface area (Å²) in [6.45, 7) is 1.14. The summed E-state index contributed by atoms with van der Waals surface area (Å²) in [5.41, 5.74) is 1.94. The molecule has 0 amide bonds. The third kappa shape index (κ3) is 4.06. The zero-order chi connectivity index (χ0) is 21.3. The molecule has 3 aromatic rings. The van der Waals surface area contributed by atoms with Gasteiger partial charge in [-0.15, -0.1) is 0 Å². The first-order valence-corrected chi connectivity index (χ1v) is 11.5. The van der Waals surface area contributed by atoms with Crippen molar-refractivity contribution >= 4 is 9.84 Å². The fourth-order valence-electron chi connectivity index (χ4n) is 3.65. The molecule has 1 aliphatic rings. The van der Waals surface area contributed by atoms with Crippen LogP contribution in [0.2, 0.25) is 0 Å². The number of sulfone groups is 1. The molecule has 6 nitrogen and oxygen atoms in total. The van der Waals surface area contributed by atoms with Crippen molar-refractivity contribution in [3.63, 3.8) is 0 Å². The van der Waals surface area contributed by atoms with Gasteiger partial charge in [-0.25, -0.2) is 17.5 Å². The highest BCUT2D eigenvalue weighted by Crippen LogP contribution is 2.31. The van der Waals surface area contributed by atoms with Crippen LogP contribution in [0.3, 0.4) is 0 Å². The Morgan fingerprint density at radius 3 is 2.20 bits per heavy atom. The van der Waals surface area contributed by atoms with Crippen molar-refractivity contribution < 1.29 is 17.5 Å². The molecule has 1 fully saturated rings. The van der Waals surface area contributed by atoms with Crippen molar-refractivity contribution in [2.24, 2.45) is 0 Å². The van der Waals surface area contributed by atoms with Crippen molar-refractivity contribution in [2.75, 3.05) is 19.5 Å². The lowest BCUT2D eigenvalue weighted by molar-refractivity contribution is 0.0649. The van der Waals surface area contributed by atoms with Crippen LogP contribution in [0.4, 0.5) is 4.39 Å². The molecule has 1 aliphatic heterocycles. The minimum absolute atomic E-state index is 0.0629. The van der Waals surface area contributed by atoms with E-state index < -0.39 is 15.7 Å². The van der Waals surface area contributed by atoms with Gasteiger partial charge < -0.3 is 4.74 Å². The molecule has 156 valence electrons. The third-order valence-corrected chi connectivity index (χ3v) is 6.39. The van der Waals surface area contributed by atoms with Crippen LogP contribution in [0.1, 0.15) is 18.9 Å². The monoisotopic (exact) mass is 428 g/mol. The van der Waals surface area contributed by atoms with Gasteiger partial charge in [0.05, 0.1) is 22.7 Å². The van der Waals surface area contributed by atoms with Crippen LogP contribution in [0, 0.1) is 5.82 Å². The Labute approximate surface area is 173 Å². The van der Waals surface area contributed by atoms with Gasteiger partial charge in [0.25, 0.3) is 5.56 Å². The second-order valence-corrected chi connectivity index (χ2v) is 9.35. The molecule has 0 bridgehead atoms. The Morgan fingerprint density at radius 2 is 1.60 bits per heavy atom. The van der Waals surface area contributed by atoms with E-state index in [1.54, 1.807) is 30.5 Å². The van der Waals surface area contributed by atoms with Crippen molar-refractivity contribution in [1.82, 2.24) is 9.78 Å².